The molecule has 0 amide bonds. The predicted molar refractivity (Wildman–Crippen MR) is 128 cm³/mol. The van der Waals surface area contributed by atoms with Gasteiger partial charge in [-0.1, -0.05) is 60.2 Å². The van der Waals surface area contributed by atoms with Crippen LogP contribution in [-0.2, 0) is 13.1 Å². The maximum Gasteiger partial charge on any atom is 0.120 e. The maximum atomic E-state index is 11.2. The SMILES string of the molecule is Cc1ccc(C2c3cccn3CCN2CC(O)N2CCN(Cc3ccccc3)CC2)cc1. The number of aryl methyl sites for hydroxylation is 1. The van der Waals surface area contributed by atoms with Crippen molar-refractivity contribution in [2.45, 2.75) is 32.3 Å². The highest BCUT2D eigenvalue weighted by atomic mass is 16.3. The summed E-state index contributed by atoms with van der Waals surface area (Å²) in [5.74, 6) is 0. The number of fused-ring (bicyclic) bond motifs is 1. The van der Waals surface area contributed by atoms with Crippen molar-refractivity contribution in [2.24, 2.45) is 0 Å². The first-order chi connectivity index (χ1) is 15.7. The van der Waals surface area contributed by atoms with Crippen LogP contribution in [0.2, 0.25) is 0 Å². The van der Waals surface area contributed by atoms with Crippen LogP contribution in [0.15, 0.2) is 72.9 Å². The van der Waals surface area contributed by atoms with Crippen molar-refractivity contribution in [3.8, 4) is 0 Å². The lowest BCUT2D eigenvalue weighted by atomic mass is 9.98. The molecule has 5 nitrogen and oxygen atoms in total. The first kappa shape index (κ1) is 21.4. The summed E-state index contributed by atoms with van der Waals surface area (Å²) in [7, 11) is 0. The van der Waals surface area contributed by atoms with E-state index < -0.39 is 6.23 Å². The van der Waals surface area contributed by atoms with Gasteiger partial charge in [0.25, 0.3) is 0 Å². The highest BCUT2D eigenvalue weighted by molar-refractivity contribution is 5.32. The van der Waals surface area contributed by atoms with Crippen LogP contribution in [0, 0.1) is 6.92 Å². The molecule has 1 saturated heterocycles. The lowest BCUT2D eigenvalue weighted by Crippen LogP contribution is -2.54. The van der Waals surface area contributed by atoms with Crippen molar-refractivity contribution < 1.29 is 5.11 Å². The molecule has 0 saturated carbocycles. The number of β-amino-alcohol motifs (C(OH)–C–C–N with tert-alkyl or cyclic N) is 1. The van der Waals surface area contributed by atoms with Crippen molar-refractivity contribution >= 4 is 0 Å². The van der Waals surface area contributed by atoms with E-state index >= 15 is 0 Å². The molecule has 0 spiro atoms. The monoisotopic (exact) mass is 430 g/mol. The average molecular weight is 431 g/mol. The minimum absolute atomic E-state index is 0.188. The van der Waals surface area contributed by atoms with Gasteiger partial charge in [0, 0.05) is 64.2 Å². The van der Waals surface area contributed by atoms with Gasteiger partial charge in [0.15, 0.2) is 0 Å². The number of aliphatic hydroxyl groups is 1. The van der Waals surface area contributed by atoms with E-state index in [9.17, 15) is 5.11 Å². The fourth-order valence-corrected chi connectivity index (χ4v) is 5.14. The molecule has 3 heterocycles. The molecule has 2 atom stereocenters. The molecule has 5 rings (SSSR count). The molecule has 0 radical (unpaired) electrons. The quantitative estimate of drug-likeness (QED) is 0.651. The Morgan fingerprint density at radius 1 is 0.844 bits per heavy atom. The number of hydrogen-bond acceptors (Lipinski definition) is 4. The number of benzene rings is 2. The summed E-state index contributed by atoms with van der Waals surface area (Å²) in [4.78, 5) is 7.20. The molecule has 168 valence electrons. The maximum absolute atomic E-state index is 11.2. The number of piperazine rings is 1. The fourth-order valence-electron chi connectivity index (χ4n) is 5.14. The van der Waals surface area contributed by atoms with Crippen molar-refractivity contribution in [3.63, 3.8) is 0 Å². The molecule has 1 aromatic heterocycles. The van der Waals surface area contributed by atoms with Crippen LogP contribution in [0.25, 0.3) is 0 Å². The molecule has 1 N–H and O–H groups in total. The van der Waals surface area contributed by atoms with Gasteiger partial charge >= 0.3 is 0 Å². The van der Waals surface area contributed by atoms with E-state index in [1.54, 1.807) is 0 Å². The Morgan fingerprint density at radius 2 is 1.59 bits per heavy atom. The van der Waals surface area contributed by atoms with Crippen molar-refractivity contribution in [1.82, 2.24) is 19.3 Å². The van der Waals surface area contributed by atoms with Crippen LogP contribution < -0.4 is 0 Å². The van der Waals surface area contributed by atoms with E-state index in [0.717, 1.165) is 45.8 Å². The zero-order valence-corrected chi connectivity index (χ0v) is 19.0. The van der Waals surface area contributed by atoms with Gasteiger partial charge in [-0.2, -0.15) is 0 Å². The second-order valence-electron chi connectivity index (χ2n) is 9.21. The standard InChI is InChI=1S/C27H34N4O/c1-22-9-11-24(12-10-22)27-25-8-5-13-29(25)18-19-31(27)21-26(32)30-16-14-28(15-17-30)20-23-6-3-2-4-7-23/h2-13,26-27,32H,14-21H2,1H3. The van der Waals surface area contributed by atoms with E-state index in [0.29, 0.717) is 6.54 Å². The van der Waals surface area contributed by atoms with Crippen LogP contribution in [0.3, 0.4) is 0 Å². The first-order valence-electron chi connectivity index (χ1n) is 11.8. The van der Waals surface area contributed by atoms with Gasteiger partial charge in [0.1, 0.15) is 6.23 Å². The number of rotatable bonds is 6. The lowest BCUT2D eigenvalue weighted by molar-refractivity contribution is -0.0518. The van der Waals surface area contributed by atoms with Gasteiger partial charge in [-0.25, -0.2) is 0 Å². The van der Waals surface area contributed by atoms with E-state index in [2.05, 4.69) is 99.1 Å². The smallest absolute Gasteiger partial charge is 0.120 e. The highest BCUT2D eigenvalue weighted by Crippen LogP contribution is 2.32. The molecular weight excluding hydrogens is 396 g/mol. The number of nitrogens with zero attached hydrogens (tertiary/aromatic N) is 4. The van der Waals surface area contributed by atoms with E-state index in [-0.39, 0.29) is 6.04 Å². The first-order valence-corrected chi connectivity index (χ1v) is 11.8. The summed E-state index contributed by atoms with van der Waals surface area (Å²) in [5.41, 5.74) is 5.26. The molecule has 2 unspecified atom stereocenters. The molecular formula is C27H34N4O. The number of hydrogen-bond donors (Lipinski definition) is 1. The predicted octanol–water partition coefficient (Wildman–Crippen LogP) is 3.34. The van der Waals surface area contributed by atoms with Gasteiger partial charge in [-0.15, -0.1) is 0 Å². The highest BCUT2D eigenvalue weighted by Gasteiger charge is 2.32. The van der Waals surface area contributed by atoms with Crippen LogP contribution in [0.1, 0.15) is 28.4 Å². The topological polar surface area (TPSA) is 34.9 Å². The van der Waals surface area contributed by atoms with Gasteiger partial charge in [0.05, 0.1) is 6.04 Å². The Hall–Kier alpha value is -2.44. The van der Waals surface area contributed by atoms with E-state index in [1.165, 1.54) is 22.4 Å². The van der Waals surface area contributed by atoms with Crippen LogP contribution in [0.5, 0.6) is 0 Å². The number of aromatic nitrogens is 1. The van der Waals surface area contributed by atoms with Gasteiger partial charge in [-0.3, -0.25) is 14.7 Å². The van der Waals surface area contributed by atoms with Gasteiger partial charge in [0.2, 0.25) is 0 Å². The van der Waals surface area contributed by atoms with Crippen LogP contribution >= 0.6 is 0 Å². The molecule has 1 fully saturated rings. The normalized spacial score (nSPS) is 21.4. The fraction of sp³-hybridized carbons (Fsp3) is 0.407. The minimum atomic E-state index is -0.441. The molecule has 32 heavy (non-hydrogen) atoms. The van der Waals surface area contributed by atoms with Crippen molar-refractivity contribution in [3.05, 3.63) is 95.3 Å². The van der Waals surface area contributed by atoms with Crippen LogP contribution in [-0.4, -0.2) is 69.9 Å². The Balaban J connectivity index is 1.23. The largest absolute Gasteiger partial charge is 0.377 e. The third-order valence-corrected chi connectivity index (χ3v) is 7.01. The summed E-state index contributed by atoms with van der Waals surface area (Å²) in [6.07, 6.45) is 1.74. The summed E-state index contributed by atoms with van der Waals surface area (Å²) in [6, 6.07) is 24.1. The average Bonchev–Trinajstić information content (AvgIpc) is 3.30. The summed E-state index contributed by atoms with van der Waals surface area (Å²) in [6.45, 7) is 9.53. The molecule has 3 aromatic rings. The zero-order valence-electron chi connectivity index (χ0n) is 19.0. The second-order valence-corrected chi connectivity index (χ2v) is 9.21. The molecule has 0 bridgehead atoms. The molecule has 2 aliphatic rings. The Kier molecular flexibility index (Phi) is 6.42. The summed E-state index contributed by atoms with van der Waals surface area (Å²) in [5, 5.41) is 11.2. The third-order valence-electron chi connectivity index (χ3n) is 7.01. The third kappa shape index (κ3) is 4.66. The number of aliphatic hydroxyl groups excluding tert-OH is 1. The lowest BCUT2D eigenvalue weighted by Gasteiger charge is -2.42. The molecule has 5 heteroatoms. The summed E-state index contributed by atoms with van der Waals surface area (Å²) < 4.78 is 2.36. The van der Waals surface area contributed by atoms with Crippen molar-refractivity contribution in [1.29, 1.82) is 0 Å². The minimum Gasteiger partial charge on any atom is -0.377 e. The van der Waals surface area contributed by atoms with E-state index in [4.69, 9.17) is 0 Å². The van der Waals surface area contributed by atoms with Gasteiger partial charge < -0.3 is 9.67 Å². The van der Waals surface area contributed by atoms with Gasteiger partial charge in [-0.05, 0) is 30.2 Å². The Bertz CT molecular complexity index is 992. The molecule has 2 aliphatic heterocycles. The molecule has 2 aromatic carbocycles. The molecule has 0 aliphatic carbocycles. The second kappa shape index (κ2) is 9.59. The van der Waals surface area contributed by atoms with Crippen molar-refractivity contribution in [2.75, 3.05) is 39.3 Å². The van der Waals surface area contributed by atoms with E-state index in [1.807, 2.05) is 0 Å². The van der Waals surface area contributed by atoms with Crippen LogP contribution in [0.4, 0.5) is 0 Å². The zero-order chi connectivity index (χ0) is 21.9. The Labute approximate surface area is 191 Å². The summed E-state index contributed by atoms with van der Waals surface area (Å²) >= 11 is 0. The Morgan fingerprint density at radius 3 is 2.34 bits per heavy atom.